The van der Waals surface area contributed by atoms with Gasteiger partial charge in [0.1, 0.15) is 5.78 Å². The molecule has 0 spiro atoms. The van der Waals surface area contributed by atoms with E-state index in [2.05, 4.69) is 0 Å². The highest BCUT2D eigenvalue weighted by molar-refractivity contribution is 7.90. The zero-order chi connectivity index (χ0) is 27.3. The van der Waals surface area contributed by atoms with Crippen LogP contribution in [0.25, 0.3) is 16.9 Å². The van der Waals surface area contributed by atoms with Crippen LogP contribution in [-0.4, -0.2) is 30.2 Å². The summed E-state index contributed by atoms with van der Waals surface area (Å²) in [6, 6.07) is 23.1. The first-order valence-electron chi connectivity index (χ1n) is 12.1. The summed E-state index contributed by atoms with van der Waals surface area (Å²) in [5.74, 6) is -0.106. The number of sulfone groups is 1. The fraction of sp³-hybridized carbons (Fsp3) is 0.241. The molecule has 4 aromatic rings. The molecule has 38 heavy (non-hydrogen) atoms. The average molecular weight is 541 g/mol. The zero-order valence-corrected chi connectivity index (χ0v) is 21.6. The summed E-state index contributed by atoms with van der Waals surface area (Å²) in [5.41, 5.74) is 2.96. The Morgan fingerprint density at radius 1 is 0.895 bits per heavy atom. The van der Waals surface area contributed by atoms with Gasteiger partial charge in [0.25, 0.3) is 0 Å². The Bertz CT molecular complexity index is 1510. The lowest BCUT2D eigenvalue weighted by atomic mass is 10.0. The zero-order valence-electron chi connectivity index (χ0n) is 20.8. The monoisotopic (exact) mass is 540 g/mol. The third kappa shape index (κ3) is 6.98. The number of aryl methyl sites for hydroxylation is 1. The number of benzene rings is 3. The molecule has 0 amide bonds. The van der Waals surface area contributed by atoms with Gasteiger partial charge in [0.05, 0.1) is 27.5 Å². The SMILES string of the molecule is CS(=O)(=O)c1ccc(-n2nc(CCCCC(=O)Cc3cccc(C(F)(F)F)c3)cc2-c2ccccc2)cc1. The Labute approximate surface area is 219 Å². The van der Waals surface area contributed by atoms with E-state index in [1.807, 2.05) is 36.4 Å². The number of halogens is 3. The maximum absolute atomic E-state index is 12.9. The van der Waals surface area contributed by atoms with Gasteiger partial charge in [-0.05, 0) is 61.2 Å². The van der Waals surface area contributed by atoms with Gasteiger partial charge in [0.2, 0.25) is 0 Å². The van der Waals surface area contributed by atoms with Crippen molar-refractivity contribution < 1.29 is 26.4 Å². The van der Waals surface area contributed by atoms with E-state index >= 15 is 0 Å². The summed E-state index contributed by atoms with van der Waals surface area (Å²) in [6.45, 7) is 0. The Morgan fingerprint density at radius 3 is 2.26 bits per heavy atom. The Balaban J connectivity index is 1.42. The van der Waals surface area contributed by atoms with Crippen LogP contribution in [0.3, 0.4) is 0 Å². The molecule has 0 N–H and O–H groups in total. The molecule has 0 fully saturated rings. The molecule has 1 heterocycles. The molecule has 0 aliphatic rings. The van der Waals surface area contributed by atoms with Gasteiger partial charge in [-0.1, -0.05) is 48.5 Å². The predicted octanol–water partition coefficient (Wildman–Crippen LogP) is 6.49. The molecule has 0 saturated carbocycles. The minimum atomic E-state index is -4.43. The van der Waals surface area contributed by atoms with Crippen molar-refractivity contribution in [2.24, 2.45) is 0 Å². The first-order chi connectivity index (χ1) is 18.0. The number of Topliss-reactive ketones (excluding diaryl/α,β-unsaturated/α-hetero) is 1. The van der Waals surface area contributed by atoms with Crippen molar-refractivity contribution in [3.63, 3.8) is 0 Å². The smallest absolute Gasteiger partial charge is 0.299 e. The minimum absolute atomic E-state index is 0.0276. The van der Waals surface area contributed by atoms with Crippen LogP contribution >= 0.6 is 0 Å². The maximum atomic E-state index is 12.9. The van der Waals surface area contributed by atoms with Crippen LogP contribution in [-0.2, 0) is 33.6 Å². The van der Waals surface area contributed by atoms with Gasteiger partial charge in [-0.2, -0.15) is 18.3 Å². The van der Waals surface area contributed by atoms with Crippen molar-refractivity contribution >= 4 is 15.6 Å². The van der Waals surface area contributed by atoms with Gasteiger partial charge in [0, 0.05) is 24.7 Å². The van der Waals surface area contributed by atoms with Crippen LogP contribution in [0.5, 0.6) is 0 Å². The molecule has 0 radical (unpaired) electrons. The second kappa shape index (κ2) is 11.3. The second-order valence-corrected chi connectivity index (χ2v) is 11.2. The summed E-state index contributed by atoms with van der Waals surface area (Å²) < 4.78 is 64.2. The fourth-order valence-corrected chi connectivity index (χ4v) is 4.83. The van der Waals surface area contributed by atoms with Crippen LogP contribution in [0.1, 0.15) is 36.1 Å². The second-order valence-electron chi connectivity index (χ2n) is 9.19. The third-order valence-electron chi connectivity index (χ3n) is 6.13. The van der Waals surface area contributed by atoms with Crippen molar-refractivity contribution in [3.8, 4) is 16.9 Å². The quantitative estimate of drug-likeness (QED) is 0.216. The molecular weight excluding hydrogens is 513 g/mol. The lowest BCUT2D eigenvalue weighted by Crippen LogP contribution is -2.07. The van der Waals surface area contributed by atoms with Crippen LogP contribution in [0.15, 0.2) is 89.8 Å². The number of carbonyl (C=O) groups is 1. The molecular formula is C29H27F3N2O3S. The van der Waals surface area contributed by atoms with Gasteiger partial charge in [0.15, 0.2) is 9.84 Å². The van der Waals surface area contributed by atoms with E-state index in [1.54, 1.807) is 28.9 Å². The average Bonchev–Trinajstić information content (AvgIpc) is 3.31. The maximum Gasteiger partial charge on any atom is 0.416 e. The molecule has 0 bridgehead atoms. The van der Waals surface area contributed by atoms with E-state index in [0.29, 0.717) is 24.8 Å². The lowest BCUT2D eigenvalue weighted by molar-refractivity contribution is -0.137. The van der Waals surface area contributed by atoms with E-state index in [-0.39, 0.29) is 23.5 Å². The first kappa shape index (κ1) is 27.3. The first-order valence-corrected chi connectivity index (χ1v) is 14.0. The largest absolute Gasteiger partial charge is 0.416 e. The van der Waals surface area contributed by atoms with E-state index in [9.17, 15) is 26.4 Å². The molecule has 0 unspecified atom stereocenters. The van der Waals surface area contributed by atoms with E-state index in [4.69, 9.17) is 5.10 Å². The minimum Gasteiger partial charge on any atom is -0.299 e. The van der Waals surface area contributed by atoms with Crippen LogP contribution in [0.2, 0.25) is 0 Å². The molecule has 0 atom stereocenters. The molecule has 0 saturated heterocycles. The van der Waals surface area contributed by atoms with Gasteiger partial charge in [-0.3, -0.25) is 4.79 Å². The number of aromatic nitrogens is 2. The molecule has 0 aliphatic carbocycles. The summed E-state index contributed by atoms with van der Waals surface area (Å²) in [5, 5.41) is 4.74. The molecule has 198 valence electrons. The van der Waals surface area contributed by atoms with Crippen molar-refractivity contribution in [1.82, 2.24) is 9.78 Å². The van der Waals surface area contributed by atoms with Crippen molar-refractivity contribution in [1.29, 1.82) is 0 Å². The van der Waals surface area contributed by atoms with Crippen LogP contribution in [0, 0.1) is 0 Å². The fourth-order valence-electron chi connectivity index (χ4n) is 4.20. The molecule has 3 aromatic carbocycles. The number of alkyl halides is 3. The predicted molar refractivity (Wildman–Crippen MR) is 140 cm³/mol. The number of carbonyl (C=O) groups excluding carboxylic acids is 1. The van der Waals surface area contributed by atoms with E-state index in [1.165, 1.54) is 12.1 Å². The molecule has 4 rings (SSSR count). The Hall–Kier alpha value is -3.72. The number of rotatable bonds is 10. The van der Waals surface area contributed by atoms with Gasteiger partial charge in [-0.25, -0.2) is 13.1 Å². The van der Waals surface area contributed by atoms with Gasteiger partial charge in [-0.15, -0.1) is 0 Å². The number of nitrogens with zero attached hydrogens (tertiary/aromatic N) is 2. The standard InChI is InChI=1S/C29H27F3N2O3S/c1-38(36,37)27-16-14-25(15-17-27)34-28(22-9-3-2-4-10-22)20-24(33-34)12-5-6-13-26(35)19-21-8-7-11-23(18-21)29(30,31)32/h2-4,7-11,14-18,20H,5-6,12-13,19H2,1H3. The van der Waals surface area contributed by atoms with E-state index in [0.717, 1.165) is 41.0 Å². The van der Waals surface area contributed by atoms with Crippen molar-refractivity contribution in [3.05, 3.63) is 102 Å². The molecule has 5 nitrogen and oxygen atoms in total. The summed E-state index contributed by atoms with van der Waals surface area (Å²) >= 11 is 0. The molecule has 1 aromatic heterocycles. The number of ketones is 1. The van der Waals surface area contributed by atoms with Gasteiger partial charge < -0.3 is 0 Å². The van der Waals surface area contributed by atoms with Crippen molar-refractivity contribution in [2.45, 2.75) is 43.2 Å². The highest BCUT2D eigenvalue weighted by atomic mass is 32.2. The summed E-state index contributed by atoms with van der Waals surface area (Å²) in [7, 11) is -3.32. The summed E-state index contributed by atoms with van der Waals surface area (Å²) in [6.07, 6.45) is -1.13. The number of unbranched alkanes of at least 4 members (excludes halogenated alkanes) is 1. The van der Waals surface area contributed by atoms with Crippen LogP contribution < -0.4 is 0 Å². The molecule has 0 aliphatic heterocycles. The number of hydrogen-bond acceptors (Lipinski definition) is 4. The lowest BCUT2D eigenvalue weighted by Gasteiger charge is -2.08. The topological polar surface area (TPSA) is 69.0 Å². The van der Waals surface area contributed by atoms with Crippen molar-refractivity contribution in [2.75, 3.05) is 6.26 Å². The van der Waals surface area contributed by atoms with E-state index < -0.39 is 21.6 Å². The summed E-state index contributed by atoms with van der Waals surface area (Å²) in [4.78, 5) is 12.6. The molecule has 9 heteroatoms. The number of hydrogen-bond donors (Lipinski definition) is 0. The van der Waals surface area contributed by atoms with Gasteiger partial charge >= 0.3 is 6.18 Å². The Morgan fingerprint density at radius 2 is 1.61 bits per heavy atom. The normalized spacial score (nSPS) is 12.0. The highest BCUT2D eigenvalue weighted by Gasteiger charge is 2.30. The third-order valence-corrected chi connectivity index (χ3v) is 7.26. The van der Waals surface area contributed by atoms with Crippen LogP contribution in [0.4, 0.5) is 13.2 Å². The Kier molecular flexibility index (Phi) is 8.16. The highest BCUT2D eigenvalue weighted by Crippen LogP contribution is 2.30.